The minimum Gasteiger partial charge on any atom is -0.464 e. The van der Waals surface area contributed by atoms with Gasteiger partial charge < -0.3 is 10.1 Å². The average molecular weight is 226 g/mol. The van der Waals surface area contributed by atoms with Gasteiger partial charge in [-0.25, -0.2) is 9.48 Å². The van der Waals surface area contributed by atoms with Crippen LogP contribution in [0.2, 0.25) is 0 Å². The van der Waals surface area contributed by atoms with Crippen molar-refractivity contribution in [2.75, 3.05) is 7.11 Å². The third kappa shape index (κ3) is 3.34. The van der Waals surface area contributed by atoms with Crippen LogP contribution in [-0.4, -0.2) is 40.0 Å². The first-order chi connectivity index (χ1) is 7.52. The second-order valence-electron chi connectivity index (χ2n) is 3.52. The molecule has 0 unspecified atom stereocenters. The lowest BCUT2D eigenvalue weighted by Crippen LogP contribution is -2.33. The average Bonchev–Trinajstić information content (AvgIpc) is 2.63. The second kappa shape index (κ2) is 5.24. The van der Waals surface area contributed by atoms with Gasteiger partial charge in [0.15, 0.2) is 5.69 Å². The Morgan fingerprint density at radius 1 is 1.56 bits per heavy atom. The van der Waals surface area contributed by atoms with Gasteiger partial charge in [-0.1, -0.05) is 5.21 Å². The number of esters is 1. The van der Waals surface area contributed by atoms with Crippen molar-refractivity contribution in [2.45, 2.75) is 26.4 Å². The summed E-state index contributed by atoms with van der Waals surface area (Å²) in [5.41, 5.74) is 0.0832. The predicted molar refractivity (Wildman–Crippen MR) is 54.6 cm³/mol. The molecular formula is C9H14N4O3. The summed E-state index contributed by atoms with van der Waals surface area (Å²) in [5, 5.41) is 9.92. The fraction of sp³-hybridized carbons (Fsp3) is 0.556. The van der Waals surface area contributed by atoms with Crippen molar-refractivity contribution in [1.82, 2.24) is 20.3 Å². The highest BCUT2D eigenvalue weighted by atomic mass is 16.5. The molecule has 1 rings (SSSR count). The minimum absolute atomic E-state index is 0.0299. The van der Waals surface area contributed by atoms with Crippen LogP contribution < -0.4 is 5.32 Å². The van der Waals surface area contributed by atoms with Crippen LogP contribution in [0.15, 0.2) is 6.20 Å². The first-order valence-corrected chi connectivity index (χ1v) is 4.80. The molecule has 0 atom stereocenters. The molecule has 7 heteroatoms. The van der Waals surface area contributed by atoms with Gasteiger partial charge >= 0.3 is 5.97 Å². The van der Waals surface area contributed by atoms with Gasteiger partial charge in [0, 0.05) is 6.04 Å². The van der Waals surface area contributed by atoms with Crippen molar-refractivity contribution in [1.29, 1.82) is 0 Å². The normalized spacial score (nSPS) is 10.2. The number of rotatable bonds is 4. The van der Waals surface area contributed by atoms with Crippen molar-refractivity contribution in [3.63, 3.8) is 0 Å². The molecule has 0 saturated carbocycles. The maximum absolute atomic E-state index is 11.4. The number of hydrogen-bond donors (Lipinski definition) is 1. The molecule has 16 heavy (non-hydrogen) atoms. The van der Waals surface area contributed by atoms with E-state index in [0.717, 1.165) is 0 Å². The quantitative estimate of drug-likeness (QED) is 0.705. The fourth-order valence-corrected chi connectivity index (χ4v) is 1.09. The molecule has 0 saturated heterocycles. The molecule has 0 aliphatic carbocycles. The molecule has 0 radical (unpaired) electrons. The lowest BCUT2D eigenvalue weighted by Gasteiger charge is -2.07. The van der Waals surface area contributed by atoms with E-state index >= 15 is 0 Å². The van der Waals surface area contributed by atoms with Crippen molar-refractivity contribution in [3.05, 3.63) is 11.9 Å². The van der Waals surface area contributed by atoms with Crippen molar-refractivity contribution in [2.24, 2.45) is 0 Å². The molecule has 0 aliphatic heterocycles. The number of nitrogens with zero attached hydrogens (tertiary/aromatic N) is 3. The summed E-state index contributed by atoms with van der Waals surface area (Å²) < 4.78 is 5.75. The molecule has 0 aromatic carbocycles. The zero-order chi connectivity index (χ0) is 12.1. The zero-order valence-corrected chi connectivity index (χ0v) is 9.43. The van der Waals surface area contributed by atoms with E-state index < -0.39 is 5.97 Å². The Bertz CT molecular complexity index is 386. The fourth-order valence-electron chi connectivity index (χ4n) is 1.09. The smallest absolute Gasteiger partial charge is 0.360 e. The molecule has 1 N–H and O–H groups in total. The van der Waals surface area contributed by atoms with E-state index in [1.54, 1.807) is 0 Å². The number of carbonyl (C=O) groups is 2. The van der Waals surface area contributed by atoms with E-state index in [1.165, 1.54) is 18.0 Å². The standard InChI is InChI=1S/C9H14N4O3/c1-6(2)10-8(14)5-13-4-7(11-12-13)9(15)16-3/h4,6H,5H2,1-3H3,(H,10,14). The van der Waals surface area contributed by atoms with Gasteiger partial charge in [0.1, 0.15) is 6.54 Å². The predicted octanol–water partition coefficient (Wildman–Crippen LogP) is -0.411. The number of carbonyl (C=O) groups excluding carboxylic acids is 2. The molecule has 0 spiro atoms. The highest BCUT2D eigenvalue weighted by molar-refractivity contribution is 5.86. The number of nitrogens with one attached hydrogen (secondary N) is 1. The number of methoxy groups -OCH3 is 1. The van der Waals surface area contributed by atoms with E-state index in [9.17, 15) is 9.59 Å². The Kier molecular flexibility index (Phi) is 3.98. The maximum Gasteiger partial charge on any atom is 0.360 e. The van der Waals surface area contributed by atoms with Crippen molar-refractivity contribution in [3.8, 4) is 0 Å². The monoisotopic (exact) mass is 226 g/mol. The summed E-state index contributed by atoms with van der Waals surface area (Å²) in [6.07, 6.45) is 1.37. The molecule has 0 bridgehead atoms. The highest BCUT2D eigenvalue weighted by Crippen LogP contribution is 1.95. The lowest BCUT2D eigenvalue weighted by atomic mass is 10.4. The van der Waals surface area contributed by atoms with Gasteiger partial charge in [-0.3, -0.25) is 4.79 Å². The van der Waals surface area contributed by atoms with E-state index in [2.05, 4.69) is 20.4 Å². The summed E-state index contributed by atoms with van der Waals surface area (Å²) in [7, 11) is 1.26. The Morgan fingerprint density at radius 3 is 2.81 bits per heavy atom. The van der Waals surface area contributed by atoms with Crippen LogP contribution in [0.1, 0.15) is 24.3 Å². The van der Waals surface area contributed by atoms with Crippen molar-refractivity contribution >= 4 is 11.9 Å². The Hall–Kier alpha value is -1.92. The molecule has 1 aromatic rings. The van der Waals surface area contributed by atoms with Gasteiger partial charge in [0.05, 0.1) is 13.3 Å². The van der Waals surface area contributed by atoms with Gasteiger partial charge in [0.2, 0.25) is 5.91 Å². The summed E-state index contributed by atoms with van der Waals surface area (Å²) in [6.45, 7) is 3.75. The number of amides is 1. The molecular weight excluding hydrogens is 212 g/mol. The highest BCUT2D eigenvalue weighted by Gasteiger charge is 2.12. The molecule has 1 aromatic heterocycles. The molecule has 7 nitrogen and oxygen atoms in total. The molecule has 0 fully saturated rings. The van der Waals surface area contributed by atoms with Crippen molar-refractivity contribution < 1.29 is 14.3 Å². The third-order valence-electron chi connectivity index (χ3n) is 1.69. The van der Waals surface area contributed by atoms with Gasteiger partial charge in [-0.2, -0.15) is 0 Å². The van der Waals surface area contributed by atoms with Crippen LogP contribution in [0, 0.1) is 0 Å². The largest absolute Gasteiger partial charge is 0.464 e. The summed E-state index contributed by atoms with van der Waals surface area (Å²) in [5.74, 6) is -0.758. The zero-order valence-electron chi connectivity index (χ0n) is 9.43. The van der Waals surface area contributed by atoms with Gasteiger partial charge in [-0.15, -0.1) is 5.10 Å². The SMILES string of the molecule is COC(=O)c1cn(CC(=O)NC(C)C)nn1. The molecule has 1 amide bonds. The van der Waals surface area contributed by atoms with E-state index in [1.807, 2.05) is 13.8 Å². The van der Waals surface area contributed by atoms with Crippen LogP contribution in [0.5, 0.6) is 0 Å². The maximum atomic E-state index is 11.4. The number of aromatic nitrogens is 3. The Labute approximate surface area is 92.8 Å². The molecule has 1 heterocycles. The van der Waals surface area contributed by atoms with Crippen LogP contribution in [0.3, 0.4) is 0 Å². The second-order valence-corrected chi connectivity index (χ2v) is 3.52. The van der Waals surface area contributed by atoms with Crippen LogP contribution >= 0.6 is 0 Å². The van der Waals surface area contributed by atoms with E-state index in [-0.39, 0.29) is 24.2 Å². The summed E-state index contributed by atoms with van der Waals surface area (Å²) in [6, 6.07) is 0.0658. The van der Waals surface area contributed by atoms with Gasteiger partial charge in [0.25, 0.3) is 0 Å². The van der Waals surface area contributed by atoms with Gasteiger partial charge in [-0.05, 0) is 13.8 Å². The van der Waals surface area contributed by atoms with Crippen LogP contribution in [0.4, 0.5) is 0 Å². The summed E-state index contributed by atoms with van der Waals surface area (Å²) in [4.78, 5) is 22.4. The first-order valence-electron chi connectivity index (χ1n) is 4.80. The van der Waals surface area contributed by atoms with Crippen LogP contribution in [-0.2, 0) is 16.1 Å². The first kappa shape index (κ1) is 12.2. The Balaban J connectivity index is 2.58. The number of hydrogen-bond acceptors (Lipinski definition) is 5. The number of ether oxygens (including phenoxy) is 1. The van der Waals surface area contributed by atoms with E-state index in [0.29, 0.717) is 0 Å². The lowest BCUT2D eigenvalue weighted by molar-refractivity contribution is -0.122. The third-order valence-corrected chi connectivity index (χ3v) is 1.69. The molecule has 0 aliphatic rings. The topological polar surface area (TPSA) is 86.1 Å². The summed E-state index contributed by atoms with van der Waals surface area (Å²) >= 11 is 0. The molecule has 88 valence electrons. The van der Waals surface area contributed by atoms with Crippen LogP contribution in [0.25, 0.3) is 0 Å². The Morgan fingerprint density at radius 2 is 2.25 bits per heavy atom. The van der Waals surface area contributed by atoms with E-state index in [4.69, 9.17) is 0 Å². The minimum atomic E-state index is -0.574.